The molecule has 1 aromatic rings. The number of ether oxygens (including phenoxy) is 1. The van der Waals surface area contributed by atoms with Crippen molar-refractivity contribution in [2.24, 2.45) is 11.3 Å². The van der Waals surface area contributed by atoms with Crippen LogP contribution in [0.5, 0.6) is 0 Å². The highest BCUT2D eigenvalue weighted by atomic mass is 35.5. The zero-order valence-electron chi connectivity index (χ0n) is 12.2. The first-order chi connectivity index (χ1) is 9.52. The van der Waals surface area contributed by atoms with Crippen LogP contribution >= 0.6 is 11.6 Å². The van der Waals surface area contributed by atoms with E-state index < -0.39 is 0 Å². The van der Waals surface area contributed by atoms with Crippen LogP contribution in [0.2, 0.25) is 5.02 Å². The summed E-state index contributed by atoms with van der Waals surface area (Å²) in [6, 6.07) is 5.23. The van der Waals surface area contributed by atoms with Gasteiger partial charge in [0.1, 0.15) is 5.82 Å². The minimum absolute atomic E-state index is 0.0135. The fourth-order valence-corrected chi connectivity index (χ4v) is 2.90. The fraction of sp³-hybridized carbons (Fsp3) is 0.625. The van der Waals surface area contributed by atoms with Crippen LogP contribution in [0.4, 0.5) is 4.39 Å². The molecule has 20 heavy (non-hydrogen) atoms. The molecule has 2 nitrogen and oxygen atoms in total. The van der Waals surface area contributed by atoms with Gasteiger partial charge in [0.15, 0.2) is 0 Å². The predicted octanol–water partition coefficient (Wildman–Crippen LogP) is 3.67. The summed E-state index contributed by atoms with van der Waals surface area (Å²) in [5.41, 5.74) is 0.676. The Hall–Kier alpha value is -0.640. The van der Waals surface area contributed by atoms with Crippen molar-refractivity contribution in [3.63, 3.8) is 0 Å². The van der Waals surface area contributed by atoms with Crippen LogP contribution in [-0.2, 0) is 11.2 Å². The molecule has 1 aromatic carbocycles. The Morgan fingerprint density at radius 2 is 2.25 bits per heavy atom. The second kappa shape index (κ2) is 6.88. The summed E-state index contributed by atoms with van der Waals surface area (Å²) in [6.07, 6.45) is 1.63. The molecule has 2 rings (SSSR count). The Morgan fingerprint density at radius 1 is 1.45 bits per heavy atom. The normalized spacial score (nSPS) is 22.6. The highest BCUT2D eigenvalue weighted by molar-refractivity contribution is 6.30. The quantitative estimate of drug-likeness (QED) is 0.865. The van der Waals surface area contributed by atoms with Gasteiger partial charge in [-0.1, -0.05) is 37.6 Å². The Balaban J connectivity index is 2.07. The lowest BCUT2D eigenvalue weighted by Crippen LogP contribution is -2.38. The van der Waals surface area contributed by atoms with Crippen molar-refractivity contribution in [1.82, 2.24) is 5.32 Å². The van der Waals surface area contributed by atoms with Gasteiger partial charge in [0.05, 0.1) is 11.6 Å². The van der Waals surface area contributed by atoms with Gasteiger partial charge in [-0.2, -0.15) is 0 Å². The lowest BCUT2D eigenvalue weighted by molar-refractivity contribution is 0.148. The Kier molecular flexibility index (Phi) is 5.42. The first kappa shape index (κ1) is 15.7. The number of hydrogen-bond acceptors (Lipinski definition) is 2. The third-order valence-electron chi connectivity index (χ3n) is 3.83. The van der Waals surface area contributed by atoms with Gasteiger partial charge in [-0.05, 0) is 36.9 Å². The van der Waals surface area contributed by atoms with Crippen LogP contribution in [-0.4, -0.2) is 26.3 Å². The largest absolute Gasteiger partial charge is 0.381 e. The molecule has 0 spiro atoms. The van der Waals surface area contributed by atoms with Gasteiger partial charge in [-0.3, -0.25) is 0 Å². The van der Waals surface area contributed by atoms with E-state index in [4.69, 9.17) is 16.3 Å². The molecule has 0 saturated carbocycles. The predicted molar refractivity (Wildman–Crippen MR) is 80.7 cm³/mol. The number of halogens is 2. The van der Waals surface area contributed by atoms with E-state index in [1.54, 1.807) is 6.07 Å². The van der Waals surface area contributed by atoms with Gasteiger partial charge in [0.2, 0.25) is 0 Å². The van der Waals surface area contributed by atoms with Crippen LogP contribution in [0.15, 0.2) is 18.2 Å². The van der Waals surface area contributed by atoms with E-state index in [-0.39, 0.29) is 16.3 Å². The van der Waals surface area contributed by atoms with E-state index in [1.807, 2.05) is 12.1 Å². The van der Waals surface area contributed by atoms with Crippen LogP contribution < -0.4 is 5.32 Å². The smallest absolute Gasteiger partial charge is 0.144 e. The van der Waals surface area contributed by atoms with Gasteiger partial charge in [0.25, 0.3) is 0 Å². The molecule has 0 aliphatic carbocycles. The van der Waals surface area contributed by atoms with Crippen LogP contribution in [0.1, 0.15) is 25.8 Å². The molecule has 1 atom stereocenters. The highest BCUT2D eigenvalue weighted by Crippen LogP contribution is 2.34. The van der Waals surface area contributed by atoms with Gasteiger partial charge < -0.3 is 10.1 Å². The Bertz CT molecular complexity index is 444. The molecule has 0 radical (unpaired) electrons. The molecule has 1 fully saturated rings. The van der Waals surface area contributed by atoms with Gasteiger partial charge in [-0.15, -0.1) is 0 Å². The van der Waals surface area contributed by atoms with E-state index in [1.165, 1.54) is 0 Å². The lowest BCUT2D eigenvalue weighted by Gasteiger charge is -2.28. The average molecular weight is 300 g/mol. The zero-order chi connectivity index (χ0) is 14.6. The van der Waals surface area contributed by atoms with Crippen LogP contribution in [0, 0.1) is 17.2 Å². The molecule has 0 amide bonds. The molecule has 0 aromatic heterocycles. The summed E-state index contributed by atoms with van der Waals surface area (Å²) < 4.78 is 19.6. The molecule has 0 bridgehead atoms. The summed E-state index contributed by atoms with van der Waals surface area (Å²) in [7, 11) is 0. The highest BCUT2D eigenvalue weighted by Gasteiger charge is 2.35. The van der Waals surface area contributed by atoms with E-state index in [0.717, 1.165) is 26.1 Å². The summed E-state index contributed by atoms with van der Waals surface area (Å²) >= 11 is 5.87. The van der Waals surface area contributed by atoms with E-state index in [0.29, 0.717) is 24.5 Å². The summed E-state index contributed by atoms with van der Waals surface area (Å²) in [4.78, 5) is 0. The molecule has 4 heteroatoms. The molecular formula is C16H23ClFNO. The number of benzene rings is 1. The van der Waals surface area contributed by atoms with Crippen molar-refractivity contribution in [2.45, 2.75) is 26.7 Å². The first-order valence-corrected chi connectivity index (χ1v) is 7.62. The van der Waals surface area contributed by atoms with Crippen LogP contribution in [0.3, 0.4) is 0 Å². The van der Waals surface area contributed by atoms with E-state index in [2.05, 4.69) is 19.2 Å². The third kappa shape index (κ3) is 3.94. The molecule has 1 aliphatic heterocycles. The van der Waals surface area contributed by atoms with Crippen LogP contribution in [0.25, 0.3) is 0 Å². The molecule has 1 saturated heterocycles. The Morgan fingerprint density at radius 3 is 2.90 bits per heavy atom. The summed E-state index contributed by atoms with van der Waals surface area (Å²) in [6.45, 7) is 7.63. The Labute approximate surface area is 125 Å². The monoisotopic (exact) mass is 299 g/mol. The molecule has 112 valence electrons. The van der Waals surface area contributed by atoms with E-state index >= 15 is 0 Å². The molecule has 1 aliphatic rings. The molecule has 1 heterocycles. The van der Waals surface area contributed by atoms with E-state index in [9.17, 15) is 4.39 Å². The standard InChI is InChI=1S/C16H23ClFNO/c1-12(2)9-19-10-16(6-7-20-11-16)8-13-4-3-5-14(17)15(13)18/h3-5,12,19H,6-11H2,1-2H3. The topological polar surface area (TPSA) is 21.3 Å². The third-order valence-corrected chi connectivity index (χ3v) is 4.13. The van der Waals surface area contributed by atoms with Gasteiger partial charge in [0, 0.05) is 18.6 Å². The number of nitrogens with one attached hydrogen (secondary N) is 1. The summed E-state index contributed by atoms with van der Waals surface area (Å²) in [5, 5.41) is 3.69. The van der Waals surface area contributed by atoms with Crippen molar-refractivity contribution in [2.75, 3.05) is 26.3 Å². The fourth-order valence-electron chi connectivity index (χ4n) is 2.71. The van der Waals surface area contributed by atoms with Gasteiger partial charge >= 0.3 is 0 Å². The van der Waals surface area contributed by atoms with Crippen molar-refractivity contribution < 1.29 is 9.13 Å². The minimum atomic E-state index is -0.288. The maximum absolute atomic E-state index is 14.1. The van der Waals surface area contributed by atoms with Crippen molar-refractivity contribution >= 4 is 11.6 Å². The number of hydrogen-bond donors (Lipinski definition) is 1. The maximum Gasteiger partial charge on any atom is 0.144 e. The number of rotatable bonds is 6. The second-order valence-electron chi connectivity index (χ2n) is 6.22. The molecular weight excluding hydrogens is 277 g/mol. The molecule has 1 N–H and O–H groups in total. The first-order valence-electron chi connectivity index (χ1n) is 7.24. The van der Waals surface area contributed by atoms with Crippen molar-refractivity contribution in [3.8, 4) is 0 Å². The zero-order valence-corrected chi connectivity index (χ0v) is 13.0. The molecule has 1 unspecified atom stereocenters. The lowest BCUT2D eigenvalue weighted by atomic mass is 9.80. The van der Waals surface area contributed by atoms with Crippen molar-refractivity contribution in [1.29, 1.82) is 0 Å². The minimum Gasteiger partial charge on any atom is -0.381 e. The second-order valence-corrected chi connectivity index (χ2v) is 6.62. The van der Waals surface area contributed by atoms with Crippen molar-refractivity contribution in [3.05, 3.63) is 34.6 Å². The summed E-state index contributed by atoms with van der Waals surface area (Å²) in [5.74, 6) is 0.321. The SMILES string of the molecule is CC(C)CNCC1(Cc2cccc(Cl)c2F)CCOC1. The van der Waals surface area contributed by atoms with Gasteiger partial charge in [-0.25, -0.2) is 4.39 Å². The average Bonchev–Trinajstić information content (AvgIpc) is 2.83. The maximum atomic E-state index is 14.1.